The highest BCUT2D eigenvalue weighted by atomic mass is 15.2. The lowest BCUT2D eigenvalue weighted by atomic mass is 9.33. The molecule has 2 aliphatic heterocycles. The largest absolute Gasteiger partial charge is 0.310 e. The molecule has 3 nitrogen and oxygen atoms in total. The van der Waals surface area contributed by atoms with Crippen LogP contribution in [0.5, 0.6) is 0 Å². The van der Waals surface area contributed by atoms with Gasteiger partial charge in [-0.25, -0.2) is 0 Å². The summed E-state index contributed by atoms with van der Waals surface area (Å²) in [6, 6.07) is 39.2. The number of aromatic nitrogens is 1. The van der Waals surface area contributed by atoms with Crippen LogP contribution in [0.4, 0.5) is 34.1 Å². The van der Waals surface area contributed by atoms with Gasteiger partial charge in [-0.2, -0.15) is 0 Å². The second-order valence-electron chi connectivity index (χ2n) is 51.9. The van der Waals surface area contributed by atoms with Crippen LogP contribution in [0.3, 0.4) is 0 Å². The fourth-order valence-corrected chi connectivity index (χ4v) is 18.7. The van der Waals surface area contributed by atoms with E-state index in [9.17, 15) is 24.7 Å². The lowest BCUT2D eigenvalue weighted by Gasteiger charge is -2.46. The molecule has 16 rings (SSSR count). The van der Waals surface area contributed by atoms with Gasteiger partial charge in [0.15, 0.2) is 0 Å². The van der Waals surface area contributed by atoms with Gasteiger partial charge in [-0.3, -0.25) is 0 Å². The zero-order valence-electron chi connectivity index (χ0n) is 106. The van der Waals surface area contributed by atoms with E-state index < -0.39 is 90.4 Å². The molecule has 134 heavy (non-hydrogen) atoms. The van der Waals surface area contributed by atoms with Crippen molar-refractivity contribution in [3.63, 3.8) is 0 Å². The number of benzene rings is 13. The summed E-state index contributed by atoms with van der Waals surface area (Å²) < 4.78 is 203. The number of fused-ring (bicyclic) bond motifs is 7. The van der Waals surface area contributed by atoms with E-state index in [1.165, 1.54) is 0 Å². The summed E-state index contributed by atoms with van der Waals surface area (Å²) in [4.78, 5) is 4.03. The van der Waals surface area contributed by atoms with Crippen LogP contribution in [-0.2, 0) is 70.4 Å². The Morgan fingerprint density at radius 2 is 0.537 bits per heavy atom. The lowest BCUT2D eigenvalue weighted by Crippen LogP contribution is -2.61. The molecule has 0 spiro atoms. The summed E-state index contributed by atoms with van der Waals surface area (Å²) >= 11 is 0. The highest BCUT2D eigenvalue weighted by Gasteiger charge is 2.48. The number of hydrogen-bond donors (Lipinski definition) is 0. The Hall–Kier alpha value is -10.7. The SMILES string of the molecule is [2H]c1c([2H])c(C(C)(C)C)c([2H])c([2H])c1-c1c([2H])c(C(C)(C)C)c([2H])c(-c2c([2H])c([2H])c(C(C)(C)C)c([2H])c2C(C)(C)C)c1N1c2cc(-c3cc(C(C)(C)C)cc(C(C)(C)C)c3)ccc2B2c3ccc(-n4c5ccc(C(C)(C)C)cc5c5cc(C(C)(C)C)ccc54)cc3N(c3c(-c4c([2H])c([2H])c(C(C)(C)C)c([2H])c4[2H])c([2H])c(C(C)(C)C)c([2H])c3-c3c([2H])c([2H])c(C(C)(C)C)c([2H])c3C(C)(C)C)c3cc(-c4cccc(C(C)(C)C)c4)cc1c32. The smallest absolute Gasteiger partial charge is 0.252 e. The first-order valence-corrected chi connectivity index (χ1v) is 48.5. The van der Waals surface area contributed by atoms with Crippen LogP contribution >= 0.6 is 0 Å². The minimum atomic E-state index is -1.22. The average molecular weight is 1790 g/mol. The molecule has 14 aromatic rings. The molecule has 694 valence electrons. The molecule has 0 bridgehead atoms. The van der Waals surface area contributed by atoms with Crippen molar-refractivity contribution in [3.05, 3.63) is 308 Å². The van der Waals surface area contributed by atoms with E-state index in [0.717, 1.165) is 55.2 Å². The van der Waals surface area contributed by atoms with Crippen LogP contribution in [0.1, 0.15) is 367 Å². The summed E-state index contributed by atoms with van der Waals surface area (Å²) in [5, 5.41) is 1.96. The third-order valence-electron chi connectivity index (χ3n) is 27.1. The van der Waals surface area contributed by atoms with Crippen molar-refractivity contribution in [2.75, 3.05) is 9.80 Å². The summed E-state index contributed by atoms with van der Waals surface area (Å²) in [6.07, 6.45) is 0. The van der Waals surface area contributed by atoms with E-state index in [2.05, 4.69) is 224 Å². The highest BCUT2D eigenvalue weighted by Crippen LogP contribution is 2.59. The highest BCUT2D eigenvalue weighted by molar-refractivity contribution is 7.00. The van der Waals surface area contributed by atoms with E-state index in [4.69, 9.17) is 0 Å². The maximum atomic E-state index is 12.0. The van der Waals surface area contributed by atoms with E-state index in [1.807, 2.05) is 188 Å². The van der Waals surface area contributed by atoms with E-state index in [1.54, 1.807) is 0 Å². The van der Waals surface area contributed by atoms with Gasteiger partial charge in [-0.1, -0.05) is 427 Å². The monoisotopic (exact) mass is 1790 g/mol. The summed E-state index contributed by atoms with van der Waals surface area (Å²) in [5.41, 5.74) is 3.09. The lowest BCUT2D eigenvalue weighted by molar-refractivity contribution is 0.568. The molecule has 0 radical (unpaired) electrons. The van der Waals surface area contributed by atoms with Crippen LogP contribution in [0.15, 0.2) is 236 Å². The molecule has 3 heterocycles. The van der Waals surface area contributed by atoms with Crippen molar-refractivity contribution in [2.45, 2.75) is 340 Å². The number of anilines is 6. The third-order valence-corrected chi connectivity index (χ3v) is 27.1. The molecule has 4 heteroatoms. The minimum Gasteiger partial charge on any atom is -0.310 e. The molecule has 0 fully saturated rings. The Morgan fingerprint density at radius 3 is 0.910 bits per heavy atom. The van der Waals surface area contributed by atoms with E-state index in [0.29, 0.717) is 61.5 Å². The van der Waals surface area contributed by atoms with Gasteiger partial charge in [0.1, 0.15) is 0 Å². The second kappa shape index (κ2) is 32.5. The molecular weight excluding hydrogens is 1610 g/mol. The maximum absolute atomic E-state index is 12.0. The minimum absolute atomic E-state index is 0.00417. The molecule has 1 aromatic heterocycles. The maximum Gasteiger partial charge on any atom is 0.252 e. The number of rotatable bonds is 9. The molecule has 2 aliphatic rings. The molecule has 0 N–H and O–H groups in total. The zero-order valence-corrected chi connectivity index (χ0v) is 88.0. The zero-order chi connectivity index (χ0) is 114. The Morgan fingerprint density at radius 1 is 0.216 bits per heavy atom. The predicted octanol–water partition coefficient (Wildman–Crippen LogP) is 35.7. The first kappa shape index (κ1) is 75.5. The van der Waals surface area contributed by atoms with E-state index in [-0.39, 0.29) is 196 Å². The molecule has 0 amide bonds. The first-order valence-electron chi connectivity index (χ1n) is 57.5. The summed E-state index contributed by atoms with van der Waals surface area (Å²) in [6.45, 7) is 77.4. The fourth-order valence-electron chi connectivity index (χ4n) is 18.7. The van der Waals surface area contributed by atoms with Crippen LogP contribution in [0, 0.1) is 0 Å². The van der Waals surface area contributed by atoms with Gasteiger partial charge in [0.05, 0.1) is 47.1 Å². The van der Waals surface area contributed by atoms with Crippen molar-refractivity contribution < 1.29 is 24.7 Å². The fraction of sp³-hybridized carbons (Fsp3) is 0.400. The van der Waals surface area contributed by atoms with Gasteiger partial charge >= 0.3 is 0 Å². The van der Waals surface area contributed by atoms with Gasteiger partial charge in [0.25, 0.3) is 6.71 Å². The van der Waals surface area contributed by atoms with Gasteiger partial charge < -0.3 is 14.4 Å². The predicted molar refractivity (Wildman–Crippen MR) is 591 cm³/mol. The van der Waals surface area contributed by atoms with Crippen molar-refractivity contribution in [1.29, 1.82) is 0 Å². The Kier molecular flexibility index (Phi) is 18.3. The van der Waals surface area contributed by atoms with Crippen LogP contribution in [0.2, 0.25) is 0 Å². The second-order valence-corrected chi connectivity index (χ2v) is 51.9. The first-order chi connectivity index (χ1) is 69.2. The topological polar surface area (TPSA) is 11.4 Å². The molecule has 0 saturated heterocycles. The molecule has 0 saturated carbocycles. The number of nitrogens with zero attached hydrogens (tertiary/aromatic N) is 3. The van der Waals surface area contributed by atoms with Crippen molar-refractivity contribution in [3.8, 4) is 72.4 Å². The van der Waals surface area contributed by atoms with Crippen molar-refractivity contribution >= 4 is 79.0 Å². The molecule has 0 aliphatic carbocycles. The van der Waals surface area contributed by atoms with Crippen LogP contribution < -0.4 is 26.2 Å². The van der Waals surface area contributed by atoms with Crippen LogP contribution in [-0.4, -0.2) is 11.3 Å². The standard InChI is InChI=1S/C130H156BN3/c1-118(2,3)85-48-43-79(44-49-85)99-72-94(127(28,29)30)74-103(97-57-52-90(123(16,17)18)76-105(97)129(34,35)36)116(99)133-111-66-82(83-64-92(125(22,23)24)69-93(65-83)126(25,26)27)47-59-107(111)131-108-60-56-96(132-109-61-54-88(121(10,11)12)70-101(109)102-71-89(122(13,14)15)55-62-110(102)132)78-112(108)134(114-68-84(67-113(133)115(114)131)81-41-40-42-87(63-81)120(7,8)9)117-100(80-45-50-86(51-46-80)119(4,5)6)73-95(128(31,32)33)75-104(117)98-58-53-91(124(19,20)21)77-106(98)130(37,38)39/h40-78H,1-39H3/i43D,44D,45D,46D,48D,49D,50D,51D,52D,53D,57D,58D,72D,73D,74D,75D,76D,77D. The molecular formula is C130H156BN3. The van der Waals surface area contributed by atoms with Crippen molar-refractivity contribution in [1.82, 2.24) is 4.57 Å². The average Bonchev–Trinajstić information content (AvgIpc) is 0.796. The quantitative estimate of drug-likeness (QED) is 0.133. The molecule has 0 atom stereocenters. The number of hydrogen-bond acceptors (Lipinski definition) is 2. The van der Waals surface area contributed by atoms with Crippen LogP contribution in [0.25, 0.3) is 94.3 Å². The van der Waals surface area contributed by atoms with Crippen molar-refractivity contribution in [2.24, 2.45) is 0 Å². The Bertz CT molecular complexity index is 7990. The Balaban J connectivity index is 1.31. The summed E-state index contributed by atoms with van der Waals surface area (Å²) in [5.74, 6) is 0. The van der Waals surface area contributed by atoms with Gasteiger partial charge in [0.2, 0.25) is 0 Å². The summed E-state index contributed by atoms with van der Waals surface area (Å²) in [7, 11) is 0. The molecule has 0 unspecified atom stereocenters. The third kappa shape index (κ3) is 18.1. The van der Waals surface area contributed by atoms with Gasteiger partial charge in [-0.05, 0) is 282 Å². The Labute approximate surface area is 834 Å². The molecule has 13 aromatic carbocycles. The van der Waals surface area contributed by atoms with Gasteiger partial charge in [0, 0.05) is 61.5 Å². The normalized spacial score (nSPS) is 15.9. The van der Waals surface area contributed by atoms with E-state index >= 15 is 0 Å². The van der Waals surface area contributed by atoms with Gasteiger partial charge in [-0.15, -0.1) is 0 Å².